The molecule has 2 aromatic carbocycles. The maximum absolute atomic E-state index is 13.2. The Hall–Kier alpha value is -2.03. The summed E-state index contributed by atoms with van der Waals surface area (Å²) < 4.78 is 33.1. The highest BCUT2D eigenvalue weighted by Gasteiger charge is 2.32. The molecule has 0 aromatic heterocycles. The van der Waals surface area contributed by atoms with Crippen molar-refractivity contribution in [1.82, 2.24) is 4.31 Å². The van der Waals surface area contributed by atoms with E-state index in [1.165, 1.54) is 34.0 Å². The highest BCUT2D eigenvalue weighted by Crippen LogP contribution is 2.34. The van der Waals surface area contributed by atoms with Gasteiger partial charge in [-0.1, -0.05) is 23.8 Å². The summed E-state index contributed by atoms with van der Waals surface area (Å²) in [6, 6.07) is 12.8. The van der Waals surface area contributed by atoms with Crippen molar-refractivity contribution in [1.29, 1.82) is 0 Å². The van der Waals surface area contributed by atoms with E-state index in [2.05, 4.69) is 25.1 Å². The van der Waals surface area contributed by atoms with Gasteiger partial charge in [0.15, 0.2) is 0 Å². The molecule has 6 nitrogen and oxygen atoms in total. The van der Waals surface area contributed by atoms with Crippen molar-refractivity contribution in [2.24, 2.45) is 0 Å². The number of carboxylic acid groups (broad SMARTS) is 1. The Balaban J connectivity index is 1.73. The molecule has 1 aliphatic heterocycles. The molecule has 1 fully saturated rings. The minimum atomic E-state index is -3.76. The fraction of sp³-hybridized carbons (Fsp3) is 0.381. The largest absolute Gasteiger partial charge is 0.495 e. The van der Waals surface area contributed by atoms with Gasteiger partial charge in [0.2, 0.25) is 10.0 Å². The van der Waals surface area contributed by atoms with Crippen LogP contribution in [0, 0.1) is 6.92 Å². The zero-order valence-corrected chi connectivity index (χ0v) is 18.1. The van der Waals surface area contributed by atoms with Gasteiger partial charge in [-0.25, -0.2) is 8.42 Å². The Kier molecular flexibility index (Phi) is 6.87. The lowest BCUT2D eigenvalue weighted by molar-refractivity contribution is -0.136. The zero-order valence-electron chi connectivity index (χ0n) is 16.5. The second kappa shape index (κ2) is 9.19. The van der Waals surface area contributed by atoms with E-state index < -0.39 is 16.0 Å². The minimum absolute atomic E-state index is 0.0311. The maximum atomic E-state index is 13.2. The van der Waals surface area contributed by atoms with Crippen LogP contribution in [0.3, 0.4) is 0 Å². The smallest absolute Gasteiger partial charge is 0.307 e. The molecule has 0 bridgehead atoms. The van der Waals surface area contributed by atoms with E-state index in [0.717, 1.165) is 12.8 Å². The molecule has 1 aliphatic rings. The number of hydrogen-bond acceptors (Lipinski definition) is 5. The fourth-order valence-electron chi connectivity index (χ4n) is 3.42. The summed E-state index contributed by atoms with van der Waals surface area (Å²) in [7, 11) is -2.35. The lowest BCUT2D eigenvalue weighted by Gasteiger charge is -2.31. The first kappa shape index (κ1) is 21.7. The van der Waals surface area contributed by atoms with Crippen LogP contribution in [-0.4, -0.2) is 49.2 Å². The Morgan fingerprint density at radius 3 is 2.55 bits per heavy atom. The Morgan fingerprint density at radius 2 is 1.93 bits per heavy atom. The summed E-state index contributed by atoms with van der Waals surface area (Å²) in [5.74, 6) is -0.775. The molecule has 3 rings (SSSR count). The van der Waals surface area contributed by atoms with Crippen LogP contribution in [0.1, 0.15) is 24.0 Å². The van der Waals surface area contributed by atoms with E-state index in [-0.39, 0.29) is 17.1 Å². The molecule has 1 heterocycles. The SMILES string of the molecule is COc1ccc(CC(=O)O)cc1S(=O)(=O)N1CCC(Sc2cccc(C)c2)CC1. The lowest BCUT2D eigenvalue weighted by atomic mass is 10.1. The molecule has 0 saturated carbocycles. The van der Waals surface area contributed by atoms with Gasteiger partial charge in [0, 0.05) is 23.2 Å². The predicted octanol–water partition coefficient (Wildman–Crippen LogP) is 3.58. The molecular formula is C21H25NO5S2. The Labute approximate surface area is 175 Å². The summed E-state index contributed by atoms with van der Waals surface area (Å²) >= 11 is 1.79. The number of sulfonamides is 1. The summed E-state index contributed by atoms with van der Waals surface area (Å²) in [5, 5.41) is 9.37. The van der Waals surface area contributed by atoms with Crippen LogP contribution >= 0.6 is 11.8 Å². The Bertz CT molecular complexity index is 982. The number of methoxy groups -OCH3 is 1. The highest BCUT2D eigenvalue weighted by atomic mass is 32.2. The van der Waals surface area contributed by atoms with Gasteiger partial charge in [0.05, 0.1) is 13.5 Å². The van der Waals surface area contributed by atoms with E-state index in [1.807, 2.05) is 6.07 Å². The van der Waals surface area contributed by atoms with Crippen LogP contribution in [0.15, 0.2) is 52.3 Å². The number of piperidine rings is 1. The lowest BCUT2D eigenvalue weighted by Crippen LogP contribution is -2.39. The van der Waals surface area contributed by atoms with Crippen molar-refractivity contribution in [3.05, 3.63) is 53.6 Å². The zero-order chi connectivity index (χ0) is 21.0. The number of hydrogen-bond donors (Lipinski definition) is 1. The maximum Gasteiger partial charge on any atom is 0.307 e. The van der Waals surface area contributed by atoms with Crippen LogP contribution in [0.4, 0.5) is 0 Å². The van der Waals surface area contributed by atoms with Crippen molar-refractivity contribution >= 4 is 27.8 Å². The number of carbonyl (C=O) groups is 1. The number of carboxylic acids is 1. The van der Waals surface area contributed by atoms with Crippen molar-refractivity contribution < 1.29 is 23.1 Å². The van der Waals surface area contributed by atoms with Gasteiger partial charge in [0.1, 0.15) is 10.6 Å². The number of rotatable bonds is 7. The van der Waals surface area contributed by atoms with E-state index >= 15 is 0 Å². The van der Waals surface area contributed by atoms with E-state index in [4.69, 9.17) is 9.84 Å². The third-order valence-electron chi connectivity index (χ3n) is 4.89. The van der Waals surface area contributed by atoms with Crippen LogP contribution in [0.2, 0.25) is 0 Å². The van der Waals surface area contributed by atoms with E-state index in [9.17, 15) is 13.2 Å². The number of benzene rings is 2. The van der Waals surface area contributed by atoms with Gasteiger partial charge in [-0.05, 0) is 49.6 Å². The van der Waals surface area contributed by atoms with Crippen LogP contribution in [-0.2, 0) is 21.2 Å². The molecule has 0 radical (unpaired) electrons. The van der Waals surface area contributed by atoms with Gasteiger partial charge in [-0.2, -0.15) is 4.31 Å². The van der Waals surface area contributed by atoms with Crippen molar-refractivity contribution in [2.75, 3.05) is 20.2 Å². The Morgan fingerprint density at radius 1 is 1.21 bits per heavy atom. The van der Waals surface area contributed by atoms with Crippen molar-refractivity contribution in [3.8, 4) is 5.75 Å². The topological polar surface area (TPSA) is 83.9 Å². The van der Waals surface area contributed by atoms with Crippen molar-refractivity contribution in [2.45, 2.75) is 41.2 Å². The number of aryl methyl sites for hydroxylation is 1. The fourth-order valence-corrected chi connectivity index (χ4v) is 6.34. The van der Waals surface area contributed by atoms with Gasteiger partial charge >= 0.3 is 5.97 Å². The number of ether oxygens (including phenoxy) is 1. The highest BCUT2D eigenvalue weighted by molar-refractivity contribution is 8.00. The molecule has 0 spiro atoms. The van der Waals surface area contributed by atoms with Crippen molar-refractivity contribution in [3.63, 3.8) is 0 Å². The summed E-state index contributed by atoms with van der Waals surface area (Å²) in [4.78, 5) is 12.2. The number of thioether (sulfide) groups is 1. The molecule has 0 unspecified atom stereocenters. The van der Waals surface area contributed by atoms with E-state index in [1.54, 1.807) is 17.8 Å². The average molecular weight is 436 g/mol. The third kappa shape index (κ3) is 5.32. The predicted molar refractivity (Wildman–Crippen MR) is 113 cm³/mol. The van der Waals surface area contributed by atoms with Gasteiger partial charge in [0.25, 0.3) is 0 Å². The number of nitrogens with zero attached hydrogens (tertiary/aromatic N) is 1. The second-order valence-electron chi connectivity index (χ2n) is 7.09. The summed E-state index contributed by atoms with van der Waals surface area (Å²) in [6.07, 6.45) is 1.28. The summed E-state index contributed by atoms with van der Waals surface area (Å²) in [6.45, 7) is 2.92. The van der Waals surface area contributed by atoms with Crippen LogP contribution in [0.5, 0.6) is 5.75 Å². The normalized spacial score (nSPS) is 15.9. The molecular weight excluding hydrogens is 410 g/mol. The average Bonchev–Trinajstić information content (AvgIpc) is 2.68. The molecule has 0 aliphatic carbocycles. The molecule has 1 saturated heterocycles. The van der Waals surface area contributed by atoms with Gasteiger partial charge in [-0.15, -0.1) is 11.8 Å². The van der Waals surface area contributed by atoms with Crippen LogP contribution in [0.25, 0.3) is 0 Å². The molecule has 0 amide bonds. The first-order valence-electron chi connectivity index (χ1n) is 9.42. The molecule has 2 aromatic rings. The third-order valence-corrected chi connectivity index (χ3v) is 8.15. The van der Waals surface area contributed by atoms with Crippen LogP contribution < -0.4 is 4.74 Å². The molecule has 156 valence electrons. The first-order valence-corrected chi connectivity index (χ1v) is 11.7. The number of aliphatic carboxylic acids is 1. The molecule has 0 atom stereocenters. The second-order valence-corrected chi connectivity index (χ2v) is 10.4. The summed E-state index contributed by atoms with van der Waals surface area (Å²) in [5.41, 5.74) is 1.64. The molecule has 1 N–H and O–H groups in total. The standard InChI is InChI=1S/C21H25NO5S2/c1-15-4-3-5-18(12-15)28-17-8-10-22(11-9-17)29(25,26)20-13-16(14-21(23)24)6-7-19(20)27-2/h3-7,12-13,17H,8-11,14H2,1-2H3,(H,23,24). The monoisotopic (exact) mass is 435 g/mol. The molecule has 29 heavy (non-hydrogen) atoms. The van der Waals surface area contributed by atoms with Gasteiger partial charge in [-0.3, -0.25) is 4.79 Å². The first-order chi connectivity index (χ1) is 13.8. The quantitative estimate of drug-likeness (QED) is 0.716. The van der Waals surface area contributed by atoms with E-state index in [0.29, 0.717) is 23.9 Å². The van der Waals surface area contributed by atoms with Gasteiger partial charge < -0.3 is 9.84 Å². The minimum Gasteiger partial charge on any atom is -0.495 e. The molecule has 8 heteroatoms.